The van der Waals surface area contributed by atoms with E-state index in [4.69, 9.17) is 9.52 Å². The zero-order valence-corrected chi connectivity index (χ0v) is 10.9. The number of aryl methyl sites for hydroxylation is 1. The minimum Gasteiger partial charge on any atom is -0.475 e. The van der Waals surface area contributed by atoms with Crippen LogP contribution in [-0.4, -0.2) is 11.1 Å². The molecule has 16 heavy (non-hydrogen) atoms. The number of aromatic carboxylic acids is 1. The molecule has 0 bridgehead atoms. The summed E-state index contributed by atoms with van der Waals surface area (Å²) in [6.07, 6.45) is 1.63. The Hall–Kier alpha value is -1.04. The molecule has 0 unspecified atom stereocenters. The second-order valence-corrected chi connectivity index (χ2v) is 4.85. The summed E-state index contributed by atoms with van der Waals surface area (Å²) < 4.78 is 6.45. The van der Waals surface area contributed by atoms with Crippen molar-refractivity contribution >= 4 is 39.5 Å². The Morgan fingerprint density at radius 1 is 1.50 bits per heavy atom. The first-order chi connectivity index (χ1) is 7.63. The standard InChI is InChI=1S/C12H11IO3/c1-2-3-8-9-6-7(13)4-5-10(9)16-11(8)12(14)15/h4-6H,2-3H2,1H3,(H,14,15). The third kappa shape index (κ3) is 1.93. The summed E-state index contributed by atoms with van der Waals surface area (Å²) in [5, 5.41) is 9.99. The molecule has 2 aromatic rings. The van der Waals surface area contributed by atoms with Crippen molar-refractivity contribution in [3.05, 3.63) is 33.1 Å². The van der Waals surface area contributed by atoms with E-state index in [1.165, 1.54) is 0 Å². The Labute approximate surface area is 107 Å². The van der Waals surface area contributed by atoms with Gasteiger partial charge in [-0.1, -0.05) is 13.3 Å². The highest BCUT2D eigenvalue weighted by Gasteiger charge is 2.18. The van der Waals surface area contributed by atoms with Gasteiger partial charge in [0.1, 0.15) is 5.58 Å². The molecule has 0 amide bonds. The van der Waals surface area contributed by atoms with Crippen LogP contribution in [0.4, 0.5) is 0 Å². The Morgan fingerprint density at radius 2 is 2.25 bits per heavy atom. The van der Waals surface area contributed by atoms with Gasteiger partial charge in [-0.3, -0.25) is 0 Å². The lowest BCUT2D eigenvalue weighted by molar-refractivity contribution is 0.0663. The molecule has 0 saturated carbocycles. The lowest BCUT2D eigenvalue weighted by atomic mass is 10.1. The van der Waals surface area contributed by atoms with E-state index < -0.39 is 5.97 Å². The minimum atomic E-state index is -0.991. The van der Waals surface area contributed by atoms with E-state index in [1.807, 2.05) is 25.1 Å². The molecule has 2 rings (SSSR count). The van der Waals surface area contributed by atoms with E-state index in [2.05, 4.69) is 22.6 Å². The normalized spacial score (nSPS) is 10.9. The summed E-state index contributed by atoms with van der Waals surface area (Å²) in [7, 11) is 0. The summed E-state index contributed by atoms with van der Waals surface area (Å²) in [4.78, 5) is 11.1. The minimum absolute atomic E-state index is 0.0823. The van der Waals surface area contributed by atoms with Gasteiger partial charge in [0.2, 0.25) is 5.76 Å². The molecule has 84 valence electrons. The second-order valence-electron chi connectivity index (χ2n) is 3.61. The van der Waals surface area contributed by atoms with Gasteiger partial charge in [0.25, 0.3) is 0 Å². The molecule has 0 atom stereocenters. The summed E-state index contributed by atoms with van der Waals surface area (Å²) in [6, 6.07) is 5.70. The summed E-state index contributed by atoms with van der Waals surface area (Å²) in [6.45, 7) is 2.03. The molecule has 0 spiro atoms. The van der Waals surface area contributed by atoms with Gasteiger partial charge in [0.15, 0.2) is 0 Å². The zero-order valence-electron chi connectivity index (χ0n) is 8.79. The number of hydrogen-bond acceptors (Lipinski definition) is 2. The van der Waals surface area contributed by atoms with Crippen LogP contribution in [0.25, 0.3) is 11.0 Å². The van der Waals surface area contributed by atoms with Crippen LogP contribution in [0.15, 0.2) is 22.6 Å². The van der Waals surface area contributed by atoms with Crippen molar-refractivity contribution in [1.29, 1.82) is 0 Å². The van der Waals surface area contributed by atoms with E-state index in [-0.39, 0.29) is 5.76 Å². The third-order valence-corrected chi connectivity index (χ3v) is 3.12. The van der Waals surface area contributed by atoms with Gasteiger partial charge in [-0.25, -0.2) is 4.79 Å². The van der Waals surface area contributed by atoms with Crippen LogP contribution in [0.3, 0.4) is 0 Å². The van der Waals surface area contributed by atoms with Crippen molar-refractivity contribution in [2.75, 3.05) is 0 Å². The molecule has 1 aromatic carbocycles. The average Bonchev–Trinajstić information content (AvgIpc) is 2.58. The Kier molecular flexibility index (Phi) is 3.18. The maximum atomic E-state index is 11.1. The topological polar surface area (TPSA) is 50.4 Å². The fourth-order valence-corrected chi connectivity index (χ4v) is 2.28. The molecule has 1 aromatic heterocycles. The zero-order chi connectivity index (χ0) is 11.7. The molecule has 0 aliphatic rings. The SMILES string of the molecule is CCCc1c(C(=O)O)oc2ccc(I)cc12. The lowest BCUT2D eigenvalue weighted by Crippen LogP contribution is -1.98. The number of carbonyl (C=O) groups is 1. The first kappa shape index (κ1) is 11.4. The fraction of sp³-hybridized carbons (Fsp3) is 0.250. The van der Waals surface area contributed by atoms with E-state index in [9.17, 15) is 4.79 Å². The van der Waals surface area contributed by atoms with Crippen LogP contribution in [-0.2, 0) is 6.42 Å². The van der Waals surface area contributed by atoms with Crippen molar-refractivity contribution in [3.63, 3.8) is 0 Å². The van der Waals surface area contributed by atoms with Gasteiger partial charge in [0.05, 0.1) is 0 Å². The van der Waals surface area contributed by atoms with Crippen LogP contribution < -0.4 is 0 Å². The van der Waals surface area contributed by atoms with Gasteiger partial charge in [-0.05, 0) is 47.2 Å². The van der Waals surface area contributed by atoms with Gasteiger partial charge >= 0.3 is 5.97 Å². The molecule has 0 radical (unpaired) electrons. The highest BCUT2D eigenvalue weighted by molar-refractivity contribution is 14.1. The molecular weight excluding hydrogens is 319 g/mol. The smallest absolute Gasteiger partial charge is 0.372 e. The average molecular weight is 330 g/mol. The van der Waals surface area contributed by atoms with E-state index in [0.29, 0.717) is 5.58 Å². The Balaban J connectivity index is 2.71. The van der Waals surface area contributed by atoms with Gasteiger partial charge in [-0.15, -0.1) is 0 Å². The molecule has 0 fully saturated rings. The van der Waals surface area contributed by atoms with Gasteiger partial charge in [0, 0.05) is 14.5 Å². The van der Waals surface area contributed by atoms with E-state index >= 15 is 0 Å². The second kappa shape index (κ2) is 4.45. The largest absolute Gasteiger partial charge is 0.475 e. The molecule has 1 N–H and O–H groups in total. The van der Waals surface area contributed by atoms with E-state index in [1.54, 1.807) is 0 Å². The predicted octanol–water partition coefficient (Wildman–Crippen LogP) is 3.69. The maximum Gasteiger partial charge on any atom is 0.372 e. The third-order valence-electron chi connectivity index (χ3n) is 2.45. The molecular formula is C12H11IO3. The number of benzene rings is 1. The van der Waals surface area contributed by atoms with Crippen LogP contribution in [0.5, 0.6) is 0 Å². The molecule has 1 heterocycles. The van der Waals surface area contributed by atoms with Crippen LogP contribution in [0.1, 0.15) is 29.5 Å². The van der Waals surface area contributed by atoms with Crippen LogP contribution in [0, 0.1) is 3.57 Å². The first-order valence-electron chi connectivity index (χ1n) is 5.07. The lowest BCUT2D eigenvalue weighted by Gasteiger charge is -1.96. The van der Waals surface area contributed by atoms with Gasteiger partial charge in [-0.2, -0.15) is 0 Å². The maximum absolute atomic E-state index is 11.1. The fourth-order valence-electron chi connectivity index (χ4n) is 1.79. The van der Waals surface area contributed by atoms with Crippen molar-refractivity contribution in [2.24, 2.45) is 0 Å². The van der Waals surface area contributed by atoms with Crippen molar-refractivity contribution in [1.82, 2.24) is 0 Å². The van der Waals surface area contributed by atoms with Crippen molar-refractivity contribution < 1.29 is 14.3 Å². The molecule has 0 aliphatic heterocycles. The highest BCUT2D eigenvalue weighted by atomic mass is 127. The number of rotatable bonds is 3. The number of hydrogen-bond donors (Lipinski definition) is 1. The number of furan rings is 1. The summed E-state index contributed by atoms with van der Waals surface area (Å²) in [5.74, 6) is -0.909. The highest BCUT2D eigenvalue weighted by Crippen LogP contribution is 2.28. The van der Waals surface area contributed by atoms with E-state index in [0.717, 1.165) is 27.4 Å². The first-order valence-corrected chi connectivity index (χ1v) is 6.15. The van der Waals surface area contributed by atoms with Crippen LogP contribution in [0.2, 0.25) is 0 Å². The Bertz CT molecular complexity index is 542. The monoisotopic (exact) mass is 330 g/mol. The molecule has 3 nitrogen and oxygen atoms in total. The Morgan fingerprint density at radius 3 is 2.88 bits per heavy atom. The summed E-state index contributed by atoms with van der Waals surface area (Å²) in [5.41, 5.74) is 1.46. The molecule has 0 aliphatic carbocycles. The van der Waals surface area contributed by atoms with Gasteiger partial charge < -0.3 is 9.52 Å². The molecule has 0 saturated heterocycles. The summed E-state index contributed by atoms with van der Waals surface area (Å²) >= 11 is 2.21. The number of carboxylic acid groups (broad SMARTS) is 1. The quantitative estimate of drug-likeness (QED) is 0.874. The van der Waals surface area contributed by atoms with Crippen molar-refractivity contribution in [2.45, 2.75) is 19.8 Å². The van der Waals surface area contributed by atoms with Crippen LogP contribution >= 0.6 is 22.6 Å². The van der Waals surface area contributed by atoms with Crippen molar-refractivity contribution in [3.8, 4) is 0 Å². The number of carboxylic acids is 1. The number of halogens is 1. The predicted molar refractivity (Wildman–Crippen MR) is 69.9 cm³/mol. The molecule has 4 heteroatoms. The number of fused-ring (bicyclic) bond motifs is 1.